The predicted octanol–water partition coefficient (Wildman–Crippen LogP) is 4.92. The third kappa shape index (κ3) is 3.83. The Bertz CT molecular complexity index is 1340. The smallest absolute Gasteiger partial charge is 0.116 e. The van der Waals surface area contributed by atoms with Crippen LogP contribution >= 0.6 is 0 Å². The minimum atomic E-state index is -0.678. The van der Waals surface area contributed by atoms with Crippen LogP contribution in [0, 0.1) is 51.8 Å². The van der Waals surface area contributed by atoms with E-state index in [1.165, 1.54) is 5.56 Å². The van der Waals surface area contributed by atoms with Crippen molar-refractivity contribution in [2.45, 2.75) is 128 Å². The standard InChI is InChI=1S/C37H52O6/c1-35-10-8-21-32-18(13-28(40)33(21)24(35)4-6-30(35)42)12-20(38)16-22(32)23-17-37(3)19(14-27(23)39)15-29(41)34-25-5-7-31(43)36(25,2)11-9-26(34)37/h12,16-17,19,21,24-31,33-34,38-43H,4-11,13-15H2,1-3H3/t19?,21-,24+,25+,26-,27?,28?,29?,30-,31?,33-,34+,35+,36+,37+/m1/s1. The summed E-state index contributed by atoms with van der Waals surface area (Å²) in [6.45, 7) is 6.81. The fraction of sp³-hybridized carbons (Fsp3) is 0.784. The molecule has 1 aromatic rings. The van der Waals surface area contributed by atoms with Crippen LogP contribution in [0.4, 0.5) is 0 Å². The van der Waals surface area contributed by atoms with Gasteiger partial charge >= 0.3 is 0 Å². The highest BCUT2D eigenvalue weighted by Crippen LogP contribution is 2.67. The van der Waals surface area contributed by atoms with Gasteiger partial charge < -0.3 is 30.6 Å². The Kier molecular flexibility index (Phi) is 6.43. The van der Waals surface area contributed by atoms with E-state index in [0.717, 1.165) is 68.1 Å². The molecule has 43 heavy (non-hydrogen) atoms. The Morgan fingerprint density at radius 2 is 1.35 bits per heavy atom. The van der Waals surface area contributed by atoms with Gasteiger partial charge in [-0.1, -0.05) is 26.8 Å². The summed E-state index contributed by atoms with van der Waals surface area (Å²) >= 11 is 0. The summed E-state index contributed by atoms with van der Waals surface area (Å²) in [5.74, 6) is 1.56. The first kappa shape index (κ1) is 29.0. The molecule has 7 aliphatic rings. The van der Waals surface area contributed by atoms with E-state index in [2.05, 4.69) is 26.8 Å². The SMILES string of the molecule is C[C@]12CC[C@@H]3c4c(cc(O)cc4C4=C[C@@]5(C)C(CC4O)CC(O)[C@@H]4[C@H]5CC[C@]5(C)C(O)CC[C@@H]45)CC(O)[C@H]3[C@@H]1CC[C@H]2O. The fourth-order valence-corrected chi connectivity index (χ4v) is 13.0. The molecule has 0 radical (unpaired) electrons. The molecule has 0 bridgehead atoms. The lowest BCUT2D eigenvalue weighted by atomic mass is 9.45. The van der Waals surface area contributed by atoms with Gasteiger partial charge in [0.1, 0.15) is 5.75 Å². The van der Waals surface area contributed by atoms with Crippen LogP contribution in [0.2, 0.25) is 0 Å². The largest absolute Gasteiger partial charge is 0.508 e. The van der Waals surface area contributed by atoms with E-state index in [4.69, 9.17) is 0 Å². The molecular weight excluding hydrogens is 540 g/mol. The Morgan fingerprint density at radius 3 is 2.05 bits per heavy atom. The number of benzene rings is 1. The van der Waals surface area contributed by atoms with Gasteiger partial charge in [-0.05, 0) is 163 Å². The van der Waals surface area contributed by atoms with Crippen molar-refractivity contribution in [3.63, 3.8) is 0 Å². The quantitative estimate of drug-likeness (QED) is 0.275. The highest BCUT2D eigenvalue weighted by molar-refractivity contribution is 5.76. The molecule has 6 N–H and O–H groups in total. The van der Waals surface area contributed by atoms with Crippen LogP contribution in [-0.2, 0) is 6.42 Å². The molecule has 0 heterocycles. The zero-order valence-electron chi connectivity index (χ0n) is 26.1. The molecule has 0 aliphatic heterocycles. The molecule has 7 aliphatic carbocycles. The van der Waals surface area contributed by atoms with Gasteiger partial charge in [0.05, 0.1) is 30.5 Å². The zero-order chi connectivity index (χ0) is 30.2. The maximum absolute atomic E-state index is 11.8. The Hall–Kier alpha value is -1.44. The van der Waals surface area contributed by atoms with Crippen LogP contribution in [0.15, 0.2) is 18.2 Å². The van der Waals surface area contributed by atoms with E-state index in [1.807, 2.05) is 12.1 Å². The van der Waals surface area contributed by atoms with Crippen molar-refractivity contribution in [2.24, 2.45) is 51.8 Å². The number of rotatable bonds is 1. The molecule has 0 amide bonds. The van der Waals surface area contributed by atoms with Crippen LogP contribution < -0.4 is 0 Å². The second-order valence-electron chi connectivity index (χ2n) is 16.9. The van der Waals surface area contributed by atoms with Crippen LogP contribution in [0.5, 0.6) is 5.75 Å². The summed E-state index contributed by atoms with van der Waals surface area (Å²) in [7, 11) is 0. The van der Waals surface area contributed by atoms with Crippen molar-refractivity contribution in [3.05, 3.63) is 34.9 Å². The second-order valence-corrected chi connectivity index (χ2v) is 16.9. The molecule has 0 spiro atoms. The molecule has 5 unspecified atom stereocenters. The Morgan fingerprint density at radius 1 is 0.698 bits per heavy atom. The molecule has 236 valence electrons. The van der Waals surface area contributed by atoms with Crippen molar-refractivity contribution < 1.29 is 30.6 Å². The van der Waals surface area contributed by atoms with Crippen LogP contribution in [-0.4, -0.2) is 61.2 Å². The number of phenols is 1. The lowest BCUT2D eigenvalue weighted by Crippen LogP contribution is -2.58. The van der Waals surface area contributed by atoms with Crippen molar-refractivity contribution in [3.8, 4) is 5.75 Å². The van der Waals surface area contributed by atoms with Gasteiger partial charge in [-0.25, -0.2) is 0 Å². The van der Waals surface area contributed by atoms with Gasteiger partial charge in [-0.2, -0.15) is 0 Å². The van der Waals surface area contributed by atoms with E-state index in [1.54, 1.807) is 0 Å². The van der Waals surface area contributed by atoms with Crippen LogP contribution in [0.3, 0.4) is 0 Å². The molecular formula is C37H52O6. The molecule has 6 nitrogen and oxygen atoms in total. The molecule has 8 rings (SSSR count). The normalized spacial score (nSPS) is 53.5. The Labute approximate surface area is 256 Å². The average Bonchev–Trinajstić information content (AvgIpc) is 3.43. The highest BCUT2D eigenvalue weighted by atomic mass is 16.3. The first-order valence-corrected chi connectivity index (χ1v) is 17.4. The van der Waals surface area contributed by atoms with Gasteiger partial charge in [0.15, 0.2) is 0 Å². The molecule has 1 aromatic carbocycles. The monoisotopic (exact) mass is 592 g/mol. The summed E-state index contributed by atoms with van der Waals surface area (Å²) in [4.78, 5) is 0. The van der Waals surface area contributed by atoms with Crippen LogP contribution in [0.1, 0.15) is 108 Å². The van der Waals surface area contributed by atoms with Crippen molar-refractivity contribution >= 4 is 5.57 Å². The third-order valence-corrected chi connectivity index (χ3v) is 15.4. The van der Waals surface area contributed by atoms with Crippen molar-refractivity contribution in [1.29, 1.82) is 0 Å². The van der Waals surface area contributed by atoms with E-state index in [0.29, 0.717) is 25.2 Å². The van der Waals surface area contributed by atoms with Gasteiger partial charge in [0.25, 0.3) is 0 Å². The summed E-state index contributed by atoms with van der Waals surface area (Å²) in [6, 6.07) is 3.69. The number of aliphatic hydroxyl groups excluding tert-OH is 5. The first-order valence-electron chi connectivity index (χ1n) is 17.4. The summed E-state index contributed by atoms with van der Waals surface area (Å²) < 4.78 is 0. The maximum atomic E-state index is 11.8. The van der Waals surface area contributed by atoms with Crippen LogP contribution in [0.25, 0.3) is 5.57 Å². The number of hydrogen-bond donors (Lipinski definition) is 6. The number of allylic oxidation sites excluding steroid dienone is 1. The number of fused-ring (bicyclic) bond motifs is 10. The van der Waals surface area contributed by atoms with E-state index >= 15 is 0 Å². The Balaban J connectivity index is 1.22. The molecule has 0 aromatic heterocycles. The maximum Gasteiger partial charge on any atom is 0.116 e. The first-order chi connectivity index (χ1) is 20.4. The lowest BCUT2D eigenvalue weighted by Gasteiger charge is -2.61. The average molecular weight is 593 g/mol. The lowest BCUT2D eigenvalue weighted by molar-refractivity contribution is -0.149. The number of hydrogen-bond acceptors (Lipinski definition) is 6. The van der Waals surface area contributed by atoms with E-state index < -0.39 is 18.3 Å². The van der Waals surface area contributed by atoms with Crippen molar-refractivity contribution in [1.82, 2.24) is 0 Å². The summed E-state index contributed by atoms with van der Waals surface area (Å²) in [5.41, 5.74) is 3.57. The molecule has 6 heteroatoms. The fourth-order valence-electron chi connectivity index (χ4n) is 13.0. The minimum absolute atomic E-state index is 0.0652. The van der Waals surface area contributed by atoms with E-state index in [-0.39, 0.29) is 69.7 Å². The van der Waals surface area contributed by atoms with Gasteiger partial charge in [-0.3, -0.25) is 0 Å². The van der Waals surface area contributed by atoms with Gasteiger partial charge in [0, 0.05) is 0 Å². The molecule has 5 fully saturated rings. The number of phenolic OH excluding ortho intramolecular Hbond substituents is 1. The number of aliphatic hydroxyl groups is 5. The summed E-state index contributed by atoms with van der Waals surface area (Å²) in [6.07, 6.45) is 9.17. The number of aromatic hydroxyl groups is 1. The topological polar surface area (TPSA) is 121 Å². The highest BCUT2D eigenvalue weighted by Gasteiger charge is 2.63. The van der Waals surface area contributed by atoms with E-state index in [9.17, 15) is 30.6 Å². The summed E-state index contributed by atoms with van der Waals surface area (Å²) in [5, 5.41) is 67.8. The second kappa shape index (κ2) is 9.54. The van der Waals surface area contributed by atoms with Gasteiger partial charge in [-0.15, -0.1) is 0 Å². The molecule has 15 atom stereocenters. The predicted molar refractivity (Wildman–Crippen MR) is 164 cm³/mol. The molecule has 0 saturated heterocycles. The molecule has 5 saturated carbocycles. The minimum Gasteiger partial charge on any atom is -0.508 e. The van der Waals surface area contributed by atoms with Crippen molar-refractivity contribution in [2.75, 3.05) is 0 Å². The third-order valence-electron chi connectivity index (χ3n) is 15.4. The zero-order valence-corrected chi connectivity index (χ0v) is 26.1. The van der Waals surface area contributed by atoms with Gasteiger partial charge in [0.2, 0.25) is 0 Å².